The Morgan fingerprint density at radius 2 is 1.90 bits per heavy atom. The summed E-state index contributed by atoms with van der Waals surface area (Å²) in [6.45, 7) is 8.36. The Labute approximate surface area is 123 Å². The van der Waals surface area contributed by atoms with Crippen LogP contribution in [0.2, 0.25) is 0 Å². The summed E-state index contributed by atoms with van der Waals surface area (Å²) in [5.41, 5.74) is 1.48. The fourth-order valence-corrected chi connectivity index (χ4v) is 3.44. The SMILES string of the molecule is CC(C)N1CCC(CNC(c2ccccc2)C2CC2)C1. The summed E-state index contributed by atoms with van der Waals surface area (Å²) in [6, 6.07) is 12.3. The van der Waals surface area contributed by atoms with Gasteiger partial charge in [0.25, 0.3) is 0 Å². The highest BCUT2D eigenvalue weighted by Crippen LogP contribution is 2.41. The van der Waals surface area contributed by atoms with E-state index in [1.807, 2.05) is 0 Å². The van der Waals surface area contributed by atoms with Crippen LogP contribution >= 0.6 is 0 Å². The highest BCUT2D eigenvalue weighted by molar-refractivity contribution is 5.21. The predicted octanol–water partition coefficient (Wildman–Crippen LogP) is 3.46. The predicted molar refractivity (Wildman–Crippen MR) is 84.7 cm³/mol. The summed E-state index contributed by atoms with van der Waals surface area (Å²) in [6.07, 6.45) is 4.15. The number of likely N-dealkylation sites (tertiary alicyclic amines) is 1. The number of benzene rings is 1. The molecule has 2 heteroatoms. The number of hydrogen-bond acceptors (Lipinski definition) is 2. The van der Waals surface area contributed by atoms with Crippen LogP contribution in [0.15, 0.2) is 30.3 Å². The molecule has 1 heterocycles. The molecule has 110 valence electrons. The lowest BCUT2D eigenvalue weighted by molar-refractivity contribution is 0.262. The van der Waals surface area contributed by atoms with E-state index in [2.05, 4.69) is 54.4 Å². The van der Waals surface area contributed by atoms with Crippen LogP contribution in [-0.2, 0) is 0 Å². The van der Waals surface area contributed by atoms with Gasteiger partial charge in [0.05, 0.1) is 0 Å². The first-order valence-electron chi connectivity index (χ1n) is 8.26. The maximum atomic E-state index is 3.87. The Morgan fingerprint density at radius 1 is 1.15 bits per heavy atom. The molecule has 1 aromatic rings. The fourth-order valence-electron chi connectivity index (χ4n) is 3.44. The lowest BCUT2D eigenvalue weighted by Crippen LogP contribution is -2.32. The van der Waals surface area contributed by atoms with Crippen molar-refractivity contribution in [2.45, 2.75) is 45.2 Å². The molecule has 1 saturated heterocycles. The second-order valence-electron chi connectivity index (χ2n) is 6.88. The van der Waals surface area contributed by atoms with E-state index in [9.17, 15) is 0 Å². The van der Waals surface area contributed by atoms with Crippen LogP contribution in [0.5, 0.6) is 0 Å². The molecule has 1 aliphatic carbocycles. The molecule has 3 rings (SSSR count). The lowest BCUT2D eigenvalue weighted by atomic mass is 10.0. The van der Waals surface area contributed by atoms with Crippen molar-refractivity contribution in [1.82, 2.24) is 10.2 Å². The molecule has 0 spiro atoms. The third-order valence-corrected chi connectivity index (χ3v) is 4.93. The Hall–Kier alpha value is -0.860. The second-order valence-corrected chi connectivity index (χ2v) is 6.88. The minimum Gasteiger partial charge on any atom is -0.309 e. The molecule has 1 saturated carbocycles. The van der Waals surface area contributed by atoms with E-state index in [0.29, 0.717) is 12.1 Å². The zero-order chi connectivity index (χ0) is 13.9. The van der Waals surface area contributed by atoms with Gasteiger partial charge < -0.3 is 10.2 Å². The number of nitrogens with one attached hydrogen (secondary N) is 1. The highest BCUT2D eigenvalue weighted by Gasteiger charge is 2.33. The van der Waals surface area contributed by atoms with Crippen molar-refractivity contribution in [3.8, 4) is 0 Å². The van der Waals surface area contributed by atoms with Gasteiger partial charge in [-0.25, -0.2) is 0 Å². The second kappa shape index (κ2) is 6.28. The molecular formula is C18H28N2. The van der Waals surface area contributed by atoms with Gasteiger partial charge in [-0.15, -0.1) is 0 Å². The van der Waals surface area contributed by atoms with Crippen LogP contribution in [0.25, 0.3) is 0 Å². The van der Waals surface area contributed by atoms with Crippen LogP contribution in [0, 0.1) is 11.8 Å². The van der Waals surface area contributed by atoms with Crippen LogP contribution < -0.4 is 5.32 Å². The average molecular weight is 272 g/mol. The van der Waals surface area contributed by atoms with Gasteiger partial charge in [-0.2, -0.15) is 0 Å². The summed E-state index contributed by atoms with van der Waals surface area (Å²) in [5.74, 6) is 1.71. The van der Waals surface area contributed by atoms with Gasteiger partial charge in [0.2, 0.25) is 0 Å². The summed E-state index contributed by atoms with van der Waals surface area (Å²) in [5, 5.41) is 3.87. The number of rotatable bonds is 6. The molecule has 1 aliphatic heterocycles. The maximum absolute atomic E-state index is 3.87. The first kappa shape index (κ1) is 14.1. The van der Waals surface area contributed by atoms with Crippen LogP contribution in [-0.4, -0.2) is 30.6 Å². The van der Waals surface area contributed by atoms with E-state index in [-0.39, 0.29) is 0 Å². The summed E-state index contributed by atoms with van der Waals surface area (Å²) in [4.78, 5) is 2.61. The quantitative estimate of drug-likeness (QED) is 0.853. The summed E-state index contributed by atoms with van der Waals surface area (Å²) < 4.78 is 0. The van der Waals surface area contributed by atoms with Gasteiger partial charge >= 0.3 is 0 Å². The summed E-state index contributed by atoms with van der Waals surface area (Å²) in [7, 11) is 0. The van der Waals surface area contributed by atoms with E-state index in [4.69, 9.17) is 0 Å². The Bertz CT molecular complexity index is 411. The highest BCUT2D eigenvalue weighted by atomic mass is 15.2. The molecule has 0 amide bonds. The third-order valence-electron chi connectivity index (χ3n) is 4.93. The van der Waals surface area contributed by atoms with E-state index >= 15 is 0 Å². The summed E-state index contributed by atoms with van der Waals surface area (Å²) >= 11 is 0. The molecule has 0 aromatic heterocycles. The molecule has 2 fully saturated rings. The normalized spacial score (nSPS) is 25.2. The van der Waals surface area contributed by atoms with Crippen molar-refractivity contribution in [3.63, 3.8) is 0 Å². The van der Waals surface area contributed by atoms with Gasteiger partial charge in [-0.1, -0.05) is 30.3 Å². The average Bonchev–Trinajstić information content (AvgIpc) is 3.17. The van der Waals surface area contributed by atoms with Crippen molar-refractivity contribution in [1.29, 1.82) is 0 Å². The Morgan fingerprint density at radius 3 is 2.50 bits per heavy atom. The Balaban J connectivity index is 1.54. The molecule has 0 radical (unpaired) electrons. The molecule has 2 nitrogen and oxygen atoms in total. The standard InChI is InChI=1S/C18H28N2/c1-14(2)20-11-10-15(13-20)12-19-18(17-8-9-17)16-6-4-3-5-7-16/h3-7,14-15,17-19H,8-13H2,1-2H3. The van der Waals surface area contributed by atoms with Crippen LogP contribution in [0.4, 0.5) is 0 Å². The van der Waals surface area contributed by atoms with Gasteiger partial charge in [-0.05, 0) is 63.6 Å². The zero-order valence-electron chi connectivity index (χ0n) is 12.9. The first-order valence-corrected chi connectivity index (χ1v) is 8.26. The Kier molecular flexibility index (Phi) is 4.42. The number of nitrogens with zero attached hydrogens (tertiary/aromatic N) is 1. The monoisotopic (exact) mass is 272 g/mol. The van der Waals surface area contributed by atoms with Crippen molar-refractivity contribution < 1.29 is 0 Å². The molecule has 2 unspecified atom stereocenters. The fraction of sp³-hybridized carbons (Fsp3) is 0.667. The van der Waals surface area contributed by atoms with E-state index < -0.39 is 0 Å². The van der Waals surface area contributed by atoms with E-state index in [1.165, 1.54) is 44.5 Å². The molecule has 20 heavy (non-hydrogen) atoms. The topological polar surface area (TPSA) is 15.3 Å². The van der Waals surface area contributed by atoms with E-state index in [0.717, 1.165) is 11.8 Å². The van der Waals surface area contributed by atoms with Gasteiger partial charge in [-0.3, -0.25) is 0 Å². The molecule has 0 bridgehead atoms. The largest absolute Gasteiger partial charge is 0.309 e. The third kappa shape index (κ3) is 3.42. The van der Waals surface area contributed by atoms with E-state index in [1.54, 1.807) is 0 Å². The van der Waals surface area contributed by atoms with Gasteiger partial charge in [0, 0.05) is 18.6 Å². The van der Waals surface area contributed by atoms with Gasteiger partial charge in [0.15, 0.2) is 0 Å². The molecule has 1 aromatic carbocycles. The lowest BCUT2D eigenvalue weighted by Gasteiger charge is -2.23. The molecular weight excluding hydrogens is 244 g/mol. The molecule has 2 aliphatic rings. The smallest absolute Gasteiger partial charge is 0.0348 e. The van der Waals surface area contributed by atoms with Crippen molar-refractivity contribution in [2.75, 3.05) is 19.6 Å². The number of hydrogen-bond donors (Lipinski definition) is 1. The minimum atomic E-state index is 0.587. The van der Waals surface area contributed by atoms with Crippen LogP contribution in [0.3, 0.4) is 0 Å². The van der Waals surface area contributed by atoms with Crippen LogP contribution in [0.1, 0.15) is 44.7 Å². The zero-order valence-corrected chi connectivity index (χ0v) is 12.9. The van der Waals surface area contributed by atoms with Crippen molar-refractivity contribution in [2.24, 2.45) is 11.8 Å². The maximum Gasteiger partial charge on any atom is 0.0348 e. The van der Waals surface area contributed by atoms with Gasteiger partial charge in [0.1, 0.15) is 0 Å². The molecule has 2 atom stereocenters. The van der Waals surface area contributed by atoms with Crippen molar-refractivity contribution in [3.05, 3.63) is 35.9 Å². The molecule has 1 N–H and O–H groups in total. The first-order chi connectivity index (χ1) is 9.74. The van der Waals surface area contributed by atoms with Crippen molar-refractivity contribution >= 4 is 0 Å². The minimum absolute atomic E-state index is 0.587.